The number of fused-ring (bicyclic) bond motifs is 1. The van der Waals surface area contributed by atoms with Gasteiger partial charge in [0.25, 0.3) is 0 Å². The molecule has 0 aliphatic heterocycles. The lowest BCUT2D eigenvalue weighted by atomic mass is 10.2. The van der Waals surface area contributed by atoms with E-state index >= 15 is 0 Å². The Kier molecular flexibility index (Phi) is 2.02. The second-order valence-electron chi connectivity index (χ2n) is 2.56. The molecule has 4 heteroatoms. The van der Waals surface area contributed by atoms with Crippen LogP contribution in [0.25, 0.3) is 10.9 Å². The molecule has 0 atom stereocenters. The standard InChI is InChI=1S/C9H8ClN2O/c1-13-6-2-3-8-7(4-6)9(10)12-5-11-8/h2-5,10H,1H3/q+1. The van der Waals surface area contributed by atoms with Crippen molar-refractivity contribution < 1.29 is 16.3 Å². The van der Waals surface area contributed by atoms with Crippen molar-refractivity contribution in [3.05, 3.63) is 29.7 Å². The van der Waals surface area contributed by atoms with Gasteiger partial charge in [-0.25, -0.2) is 4.98 Å². The van der Waals surface area contributed by atoms with Crippen molar-refractivity contribution in [3.8, 4) is 5.75 Å². The molecule has 0 fully saturated rings. The summed E-state index contributed by atoms with van der Waals surface area (Å²) < 4.78 is 5.08. The number of methoxy groups -OCH3 is 1. The fraction of sp³-hybridized carbons (Fsp3) is 0.111. The second-order valence-corrected chi connectivity index (χ2v) is 2.95. The van der Waals surface area contributed by atoms with Gasteiger partial charge in [0.15, 0.2) is 11.6 Å². The maximum atomic E-state index is 5.08. The van der Waals surface area contributed by atoms with Gasteiger partial charge >= 0.3 is 5.15 Å². The molecule has 0 saturated heterocycles. The van der Waals surface area contributed by atoms with Gasteiger partial charge < -0.3 is 4.74 Å². The summed E-state index contributed by atoms with van der Waals surface area (Å²) in [5.41, 5.74) is 0.848. The summed E-state index contributed by atoms with van der Waals surface area (Å²) in [4.78, 5) is 8.01. The average Bonchev–Trinajstić information content (AvgIpc) is 2.18. The number of rotatable bonds is 1. The number of halogens is 1. The Morgan fingerprint density at radius 1 is 1.31 bits per heavy atom. The second kappa shape index (κ2) is 3.18. The average molecular weight is 196 g/mol. The smallest absolute Gasteiger partial charge is 0.329 e. The number of ether oxygens (including phenoxy) is 1. The summed E-state index contributed by atoms with van der Waals surface area (Å²) in [5, 5.41) is 1.42. The Morgan fingerprint density at radius 3 is 2.92 bits per heavy atom. The number of aromatic nitrogens is 2. The molecular weight excluding hydrogens is 188 g/mol. The van der Waals surface area contributed by atoms with Crippen LogP contribution in [0.5, 0.6) is 5.75 Å². The van der Waals surface area contributed by atoms with Gasteiger partial charge in [0, 0.05) is 0 Å². The van der Waals surface area contributed by atoms with Crippen molar-refractivity contribution in [3.63, 3.8) is 0 Å². The third-order valence-electron chi connectivity index (χ3n) is 1.81. The zero-order valence-electron chi connectivity index (χ0n) is 7.02. The van der Waals surface area contributed by atoms with Crippen LogP contribution < -0.4 is 4.74 Å². The monoisotopic (exact) mass is 195 g/mol. The highest BCUT2D eigenvalue weighted by Gasteiger charge is 2.07. The first-order valence-electron chi connectivity index (χ1n) is 3.77. The van der Waals surface area contributed by atoms with Crippen LogP contribution in [0.3, 0.4) is 0 Å². The van der Waals surface area contributed by atoms with Gasteiger partial charge in [0.05, 0.1) is 18.0 Å². The van der Waals surface area contributed by atoms with Gasteiger partial charge in [-0.05, 0) is 18.2 Å². The molecule has 66 valence electrons. The first-order chi connectivity index (χ1) is 6.31. The summed E-state index contributed by atoms with van der Waals surface area (Å²) in [6.45, 7) is 0. The van der Waals surface area contributed by atoms with E-state index in [0.29, 0.717) is 5.15 Å². The third-order valence-corrected chi connectivity index (χ3v) is 2.13. The van der Waals surface area contributed by atoms with E-state index < -0.39 is 0 Å². The quantitative estimate of drug-likeness (QED) is 0.644. The van der Waals surface area contributed by atoms with Crippen molar-refractivity contribution in [2.45, 2.75) is 0 Å². The van der Waals surface area contributed by atoms with E-state index in [1.54, 1.807) is 7.11 Å². The van der Waals surface area contributed by atoms with Crippen molar-refractivity contribution in [2.24, 2.45) is 0 Å². The predicted octanol–water partition coefficient (Wildman–Crippen LogP) is 1.33. The fourth-order valence-electron chi connectivity index (χ4n) is 1.14. The molecular formula is C9H8ClN2O+. The lowest BCUT2D eigenvalue weighted by Gasteiger charge is -1.99. The van der Waals surface area contributed by atoms with Gasteiger partial charge in [0.2, 0.25) is 0 Å². The number of benzene rings is 1. The molecule has 0 aliphatic rings. The molecule has 1 aromatic heterocycles. The van der Waals surface area contributed by atoms with E-state index in [9.17, 15) is 0 Å². The Morgan fingerprint density at radius 2 is 2.15 bits per heavy atom. The minimum absolute atomic E-state index is 0.559. The number of hydrogen-bond acceptors (Lipinski definition) is 3. The zero-order chi connectivity index (χ0) is 9.26. The molecule has 2 rings (SSSR count). The van der Waals surface area contributed by atoms with Crippen LogP contribution in [0.2, 0.25) is 5.15 Å². The zero-order valence-corrected chi connectivity index (χ0v) is 7.84. The van der Waals surface area contributed by atoms with E-state index in [0.717, 1.165) is 16.7 Å². The lowest BCUT2D eigenvalue weighted by molar-refractivity contribution is -0.293. The molecule has 3 nitrogen and oxygen atoms in total. The van der Waals surface area contributed by atoms with Gasteiger partial charge in [-0.15, -0.1) is 0 Å². The number of hydrogen-bond donors (Lipinski definition) is 0. The molecule has 13 heavy (non-hydrogen) atoms. The van der Waals surface area contributed by atoms with Gasteiger partial charge in [-0.2, -0.15) is 4.98 Å². The summed E-state index contributed by atoms with van der Waals surface area (Å²) in [7, 11) is 1.62. The third kappa shape index (κ3) is 1.42. The highest BCUT2D eigenvalue weighted by molar-refractivity contribution is 5.81. The predicted molar refractivity (Wildman–Crippen MR) is 46.6 cm³/mol. The first-order valence-corrected chi connectivity index (χ1v) is 4.18. The molecule has 2 aromatic rings. The maximum Gasteiger partial charge on any atom is 0.329 e. The Labute approximate surface area is 80.3 Å². The molecule has 0 saturated carbocycles. The highest BCUT2D eigenvalue weighted by Crippen LogP contribution is 2.20. The van der Waals surface area contributed by atoms with E-state index in [2.05, 4.69) is 9.97 Å². The summed E-state index contributed by atoms with van der Waals surface area (Å²) in [6.07, 6.45) is 1.47. The van der Waals surface area contributed by atoms with Crippen molar-refractivity contribution in [1.82, 2.24) is 9.97 Å². The molecule has 1 aromatic carbocycles. The lowest BCUT2D eigenvalue weighted by Crippen LogP contribution is -1.87. The Bertz CT molecular complexity index is 445. The maximum absolute atomic E-state index is 5.08. The molecule has 0 amide bonds. The Balaban J connectivity index is 2.74. The van der Waals surface area contributed by atoms with E-state index in [4.69, 9.17) is 16.3 Å². The van der Waals surface area contributed by atoms with Crippen molar-refractivity contribution in [1.29, 1.82) is 0 Å². The van der Waals surface area contributed by atoms with Crippen molar-refractivity contribution in [2.75, 3.05) is 7.11 Å². The Hall–Kier alpha value is -1.35. The molecule has 0 aliphatic carbocycles. The summed E-state index contributed by atoms with van der Waals surface area (Å²) in [6, 6.07) is 5.56. The van der Waals surface area contributed by atoms with Crippen LogP contribution in [-0.2, 0) is 0 Å². The molecule has 0 spiro atoms. The minimum atomic E-state index is 0.559. The first kappa shape index (κ1) is 8.26. The minimum Gasteiger partial charge on any atom is -0.497 e. The van der Waals surface area contributed by atoms with Gasteiger partial charge in [-0.1, -0.05) is 0 Å². The molecule has 0 bridgehead atoms. The van der Waals surface area contributed by atoms with Gasteiger partial charge in [0.1, 0.15) is 12.1 Å². The number of nitrogens with zero attached hydrogens (tertiary/aromatic N) is 2. The van der Waals surface area contributed by atoms with Crippen molar-refractivity contribution >= 4 is 10.9 Å². The van der Waals surface area contributed by atoms with Crippen LogP contribution >= 0.6 is 0 Å². The van der Waals surface area contributed by atoms with E-state index in [1.807, 2.05) is 18.2 Å². The van der Waals surface area contributed by atoms with Gasteiger partial charge in [-0.3, -0.25) is 0 Å². The molecule has 0 N–H and O–H groups in total. The normalized spacial score (nSPS) is 10.3. The largest absolute Gasteiger partial charge is 0.497 e. The van der Waals surface area contributed by atoms with Crippen LogP contribution in [0.4, 0.5) is 0 Å². The summed E-state index contributed by atoms with van der Waals surface area (Å²) in [5.74, 6) is 0.772. The van der Waals surface area contributed by atoms with Crippen LogP contribution in [0.1, 0.15) is 0 Å². The van der Waals surface area contributed by atoms with E-state index in [-0.39, 0.29) is 0 Å². The molecule has 1 heterocycles. The highest BCUT2D eigenvalue weighted by atomic mass is 35.5. The fourth-order valence-corrected chi connectivity index (χ4v) is 1.35. The summed E-state index contributed by atoms with van der Waals surface area (Å²) >= 11 is 5.05. The molecule has 0 radical (unpaired) electrons. The topological polar surface area (TPSA) is 35.0 Å². The van der Waals surface area contributed by atoms with Crippen LogP contribution in [0, 0.1) is 11.6 Å². The van der Waals surface area contributed by atoms with Crippen LogP contribution in [0.15, 0.2) is 24.5 Å². The van der Waals surface area contributed by atoms with E-state index in [1.165, 1.54) is 6.33 Å². The SMILES string of the molecule is COc1ccc2ncnc([ClH+])c2c1. The molecule has 0 unspecified atom stereocenters. The van der Waals surface area contributed by atoms with Crippen LogP contribution in [-0.4, -0.2) is 17.1 Å².